The van der Waals surface area contributed by atoms with Gasteiger partial charge in [-0.25, -0.2) is 4.79 Å². The van der Waals surface area contributed by atoms with Gasteiger partial charge in [-0.15, -0.1) is 12.4 Å². The summed E-state index contributed by atoms with van der Waals surface area (Å²) in [4.78, 5) is 26.6. The lowest BCUT2D eigenvalue weighted by molar-refractivity contribution is 0.262. The highest BCUT2D eigenvalue weighted by Crippen LogP contribution is 2.30. The zero-order chi connectivity index (χ0) is 25.2. The Hall–Kier alpha value is -3.68. The molecule has 0 saturated carbocycles. The number of nitrogens with zero attached hydrogens (tertiary/aromatic N) is 4. The number of anilines is 3. The van der Waals surface area contributed by atoms with E-state index in [2.05, 4.69) is 62.6 Å². The number of benzene rings is 2. The minimum atomic E-state index is -0.276. The van der Waals surface area contributed by atoms with Crippen LogP contribution in [0.1, 0.15) is 17.0 Å². The normalized spacial score (nSPS) is 13.8. The summed E-state index contributed by atoms with van der Waals surface area (Å²) in [5.74, 6) is 0. The number of fused-ring (bicyclic) bond motifs is 1. The zero-order valence-corrected chi connectivity index (χ0v) is 22.5. The number of likely N-dealkylation sites (N-methyl/N-ethyl adjacent to an activating group) is 1. The number of aryl methyl sites for hydroxylation is 3. The van der Waals surface area contributed by atoms with Crippen molar-refractivity contribution in [1.29, 1.82) is 0 Å². The van der Waals surface area contributed by atoms with E-state index in [4.69, 9.17) is 0 Å². The monoisotopic (exact) mass is 516 g/mol. The maximum absolute atomic E-state index is 12.8. The number of amides is 2. The van der Waals surface area contributed by atoms with Crippen LogP contribution >= 0.6 is 12.4 Å². The van der Waals surface area contributed by atoms with Gasteiger partial charge in [0.25, 0.3) is 0 Å². The second kappa shape index (κ2) is 11.2. The van der Waals surface area contributed by atoms with Crippen LogP contribution in [0, 0.1) is 20.8 Å². The van der Waals surface area contributed by atoms with E-state index in [1.165, 1.54) is 0 Å². The number of hydrogen-bond acceptors (Lipinski definition) is 5. The Morgan fingerprint density at radius 1 is 0.838 bits per heavy atom. The molecular weight excluding hydrogens is 484 g/mol. The van der Waals surface area contributed by atoms with Crippen LogP contribution < -0.4 is 15.5 Å². The van der Waals surface area contributed by atoms with Gasteiger partial charge in [0.1, 0.15) is 0 Å². The summed E-state index contributed by atoms with van der Waals surface area (Å²) in [6.45, 7) is 10.1. The topological polar surface area (TPSA) is 73.4 Å². The van der Waals surface area contributed by atoms with E-state index in [1.807, 2.05) is 56.4 Å². The molecule has 2 aromatic heterocycles. The third-order valence-corrected chi connectivity index (χ3v) is 6.70. The lowest BCUT2D eigenvalue weighted by Crippen LogP contribution is -2.44. The molecule has 7 nitrogen and oxygen atoms in total. The highest BCUT2D eigenvalue weighted by molar-refractivity contribution is 6.02. The van der Waals surface area contributed by atoms with Gasteiger partial charge < -0.3 is 20.4 Å². The number of carbonyl (C=O) groups excluding carboxylic acids is 1. The lowest BCUT2D eigenvalue weighted by Gasteiger charge is -2.34. The smallest absolute Gasteiger partial charge is 0.323 e. The minimum Gasteiger partial charge on any atom is -0.368 e. The number of carbonyl (C=O) groups is 1. The van der Waals surface area contributed by atoms with Crippen LogP contribution in [0.3, 0.4) is 0 Å². The number of urea groups is 1. The number of pyridine rings is 2. The molecular formula is C29H33ClN6O. The third kappa shape index (κ3) is 6.01. The van der Waals surface area contributed by atoms with Crippen LogP contribution in [0.4, 0.5) is 21.9 Å². The molecule has 2 amide bonds. The predicted molar refractivity (Wildman–Crippen MR) is 155 cm³/mol. The molecule has 0 radical (unpaired) electrons. The second-order valence-electron chi connectivity index (χ2n) is 9.60. The first-order chi connectivity index (χ1) is 17.4. The molecule has 0 aliphatic carbocycles. The van der Waals surface area contributed by atoms with E-state index in [-0.39, 0.29) is 18.4 Å². The minimum absolute atomic E-state index is 0. The van der Waals surface area contributed by atoms with Gasteiger partial charge >= 0.3 is 6.03 Å². The van der Waals surface area contributed by atoms with Crippen LogP contribution in [0.2, 0.25) is 0 Å². The summed E-state index contributed by atoms with van der Waals surface area (Å²) in [7, 11) is 2.15. The quantitative estimate of drug-likeness (QED) is 0.346. The molecule has 5 rings (SSSR count). The van der Waals surface area contributed by atoms with Crippen molar-refractivity contribution < 1.29 is 4.79 Å². The molecule has 0 bridgehead atoms. The fourth-order valence-corrected chi connectivity index (χ4v) is 4.88. The largest absolute Gasteiger partial charge is 0.368 e. The average Bonchev–Trinajstić information content (AvgIpc) is 2.83. The molecule has 8 heteroatoms. The van der Waals surface area contributed by atoms with Crippen molar-refractivity contribution in [3.05, 3.63) is 77.7 Å². The van der Waals surface area contributed by atoms with Crippen molar-refractivity contribution >= 4 is 46.4 Å². The van der Waals surface area contributed by atoms with Crippen LogP contribution in [0.5, 0.6) is 0 Å². The van der Waals surface area contributed by atoms with Crippen molar-refractivity contribution in [1.82, 2.24) is 14.9 Å². The van der Waals surface area contributed by atoms with Crippen molar-refractivity contribution in [2.75, 3.05) is 48.8 Å². The molecule has 192 valence electrons. The van der Waals surface area contributed by atoms with Crippen molar-refractivity contribution in [2.24, 2.45) is 0 Å². The van der Waals surface area contributed by atoms with Gasteiger partial charge in [-0.3, -0.25) is 9.97 Å². The Kier molecular flexibility index (Phi) is 7.95. The van der Waals surface area contributed by atoms with E-state index in [0.717, 1.165) is 82.2 Å². The molecule has 1 aliphatic rings. The molecule has 4 aromatic rings. The SMILES string of the molecule is Cc1cc(-c2ccc(NC(=O)Nc3ccc4nccc(N5CCN(C)CC5)c4c3)cc2C)cc(C)n1.Cl. The molecule has 0 spiro atoms. The maximum Gasteiger partial charge on any atom is 0.323 e. The zero-order valence-electron chi connectivity index (χ0n) is 21.7. The van der Waals surface area contributed by atoms with Gasteiger partial charge in [-0.2, -0.15) is 0 Å². The predicted octanol–water partition coefficient (Wildman–Crippen LogP) is 6.04. The van der Waals surface area contributed by atoms with Gasteiger partial charge in [0.2, 0.25) is 0 Å². The Morgan fingerprint density at radius 3 is 2.16 bits per heavy atom. The van der Waals surface area contributed by atoms with E-state index in [9.17, 15) is 4.79 Å². The van der Waals surface area contributed by atoms with E-state index in [0.29, 0.717) is 0 Å². The summed E-state index contributed by atoms with van der Waals surface area (Å²) in [6, 6.07) is 17.8. The van der Waals surface area contributed by atoms with Gasteiger partial charge in [-0.1, -0.05) is 6.07 Å². The number of aromatic nitrogens is 2. The first-order valence-electron chi connectivity index (χ1n) is 12.3. The molecule has 1 fully saturated rings. The molecule has 0 unspecified atom stereocenters. The van der Waals surface area contributed by atoms with Gasteiger partial charge in [0.15, 0.2) is 0 Å². The summed E-state index contributed by atoms with van der Waals surface area (Å²) in [5, 5.41) is 7.00. The van der Waals surface area contributed by atoms with E-state index < -0.39 is 0 Å². The van der Waals surface area contributed by atoms with Gasteiger partial charge in [0.05, 0.1) is 5.52 Å². The van der Waals surface area contributed by atoms with Crippen LogP contribution in [-0.2, 0) is 0 Å². The van der Waals surface area contributed by atoms with Crippen LogP contribution in [0.25, 0.3) is 22.0 Å². The molecule has 2 aromatic carbocycles. The number of piperazine rings is 1. The van der Waals surface area contributed by atoms with Crippen LogP contribution in [0.15, 0.2) is 60.8 Å². The number of halogens is 1. The highest BCUT2D eigenvalue weighted by Gasteiger charge is 2.17. The Labute approximate surface area is 224 Å². The fourth-order valence-electron chi connectivity index (χ4n) is 4.88. The number of rotatable bonds is 4. The Balaban J connectivity index is 0.00000320. The second-order valence-corrected chi connectivity index (χ2v) is 9.60. The van der Waals surface area contributed by atoms with E-state index in [1.54, 1.807) is 0 Å². The average molecular weight is 517 g/mol. The summed E-state index contributed by atoms with van der Waals surface area (Å²) < 4.78 is 0. The van der Waals surface area contributed by atoms with Crippen molar-refractivity contribution in [3.63, 3.8) is 0 Å². The number of hydrogen-bond donors (Lipinski definition) is 2. The maximum atomic E-state index is 12.8. The molecule has 2 N–H and O–H groups in total. The molecule has 0 atom stereocenters. The first kappa shape index (κ1) is 26.4. The summed E-state index contributed by atoms with van der Waals surface area (Å²) >= 11 is 0. The lowest BCUT2D eigenvalue weighted by atomic mass is 9.99. The standard InChI is InChI=1S/C29H32N6O.ClH/c1-19-15-23(5-7-25(19)22-16-20(2)31-21(3)17-22)32-29(36)33-24-6-8-27-26(18-24)28(9-10-30-27)35-13-11-34(4)12-14-35;/h5-10,15-18H,11-14H2,1-4H3,(H2,32,33,36);1H. The highest BCUT2D eigenvalue weighted by atomic mass is 35.5. The van der Waals surface area contributed by atoms with Crippen molar-refractivity contribution in [3.8, 4) is 11.1 Å². The Morgan fingerprint density at radius 2 is 1.49 bits per heavy atom. The van der Waals surface area contributed by atoms with Crippen LogP contribution in [-0.4, -0.2) is 54.1 Å². The van der Waals surface area contributed by atoms with Crippen molar-refractivity contribution in [2.45, 2.75) is 20.8 Å². The third-order valence-electron chi connectivity index (χ3n) is 6.70. The fraction of sp³-hybridized carbons (Fsp3) is 0.276. The number of nitrogens with one attached hydrogen (secondary N) is 2. The van der Waals surface area contributed by atoms with Gasteiger partial charge in [0, 0.05) is 66.2 Å². The molecule has 37 heavy (non-hydrogen) atoms. The summed E-state index contributed by atoms with van der Waals surface area (Å²) in [6.07, 6.45) is 1.86. The van der Waals surface area contributed by atoms with Gasteiger partial charge in [-0.05, 0) is 93.0 Å². The summed E-state index contributed by atoms with van der Waals surface area (Å²) in [5.41, 5.74) is 8.90. The molecule has 3 heterocycles. The molecule has 1 aliphatic heterocycles. The Bertz CT molecular complexity index is 1410. The van der Waals surface area contributed by atoms with E-state index >= 15 is 0 Å². The molecule has 1 saturated heterocycles. The first-order valence-corrected chi connectivity index (χ1v) is 12.3.